The minimum atomic E-state index is -0.842. The smallest absolute Gasteiger partial charge is 0.303 e. The van der Waals surface area contributed by atoms with Crippen molar-refractivity contribution >= 4 is 38.6 Å². The Labute approximate surface area is 154 Å². The van der Waals surface area contributed by atoms with E-state index >= 15 is 0 Å². The summed E-state index contributed by atoms with van der Waals surface area (Å²) >= 11 is 3.41. The molecule has 2 rings (SSSR count). The number of carbonyl (C=O) groups is 2. The fourth-order valence-electron chi connectivity index (χ4n) is 2.94. The summed E-state index contributed by atoms with van der Waals surface area (Å²) in [7, 11) is 0. The van der Waals surface area contributed by atoms with Crippen LogP contribution < -0.4 is 0 Å². The highest BCUT2D eigenvalue weighted by molar-refractivity contribution is 9.18. The number of hydrogen-bond donors (Lipinski definition) is 3. The van der Waals surface area contributed by atoms with Gasteiger partial charge in [-0.3, -0.25) is 9.59 Å². The maximum atomic E-state index is 10.9. The van der Waals surface area contributed by atoms with Crippen molar-refractivity contribution in [1.82, 2.24) is 4.98 Å². The summed E-state index contributed by atoms with van der Waals surface area (Å²) in [4.78, 5) is 29.5. The highest BCUT2D eigenvalue weighted by Crippen LogP contribution is 2.33. The number of aromatic nitrogens is 1. The maximum Gasteiger partial charge on any atom is 0.303 e. The van der Waals surface area contributed by atoms with Crippen LogP contribution in [0.4, 0.5) is 0 Å². The van der Waals surface area contributed by atoms with Gasteiger partial charge in [-0.25, -0.2) is 4.99 Å². The van der Waals surface area contributed by atoms with E-state index in [4.69, 9.17) is 10.2 Å². The van der Waals surface area contributed by atoms with Crippen molar-refractivity contribution in [3.05, 3.63) is 39.4 Å². The van der Waals surface area contributed by atoms with Gasteiger partial charge in [0.2, 0.25) is 0 Å². The Bertz CT molecular complexity index is 815. The Kier molecular flexibility index (Phi) is 6.00. The number of halogens is 1. The number of H-pyrrole nitrogens is 1. The number of rotatable bonds is 7. The Morgan fingerprint density at radius 2 is 1.72 bits per heavy atom. The molecule has 2 heterocycles. The zero-order valence-corrected chi connectivity index (χ0v) is 16.0. The highest BCUT2D eigenvalue weighted by atomic mass is 79.9. The fraction of sp³-hybridized carbons (Fsp3) is 0.389. The molecule has 0 aromatic carbocycles. The Hall–Kier alpha value is -2.15. The van der Waals surface area contributed by atoms with Gasteiger partial charge in [0.05, 0.1) is 5.70 Å². The average molecular weight is 409 g/mol. The van der Waals surface area contributed by atoms with E-state index < -0.39 is 11.9 Å². The van der Waals surface area contributed by atoms with E-state index in [0.717, 1.165) is 39.4 Å². The quantitative estimate of drug-likeness (QED) is 0.634. The zero-order valence-electron chi connectivity index (χ0n) is 14.4. The van der Waals surface area contributed by atoms with E-state index in [1.54, 1.807) is 0 Å². The van der Waals surface area contributed by atoms with Crippen molar-refractivity contribution in [3.63, 3.8) is 0 Å². The first-order valence-corrected chi connectivity index (χ1v) is 8.78. The highest BCUT2D eigenvalue weighted by Gasteiger charge is 2.21. The lowest BCUT2D eigenvalue weighted by Crippen LogP contribution is -1.99. The summed E-state index contributed by atoms with van der Waals surface area (Å²) in [6.07, 6.45) is 2.92. The molecule has 134 valence electrons. The van der Waals surface area contributed by atoms with Gasteiger partial charge in [0, 0.05) is 24.2 Å². The van der Waals surface area contributed by atoms with Crippen molar-refractivity contribution in [1.29, 1.82) is 0 Å². The van der Waals surface area contributed by atoms with E-state index in [1.807, 2.05) is 26.8 Å². The van der Waals surface area contributed by atoms with Gasteiger partial charge in [0.1, 0.15) is 4.62 Å². The third-order valence-corrected chi connectivity index (χ3v) is 5.15. The molecule has 0 saturated heterocycles. The lowest BCUT2D eigenvalue weighted by Gasteiger charge is -2.04. The molecule has 1 aliphatic heterocycles. The lowest BCUT2D eigenvalue weighted by atomic mass is 10.0. The van der Waals surface area contributed by atoms with Gasteiger partial charge in [0.25, 0.3) is 0 Å². The molecule has 0 fully saturated rings. The molecular weight excluding hydrogens is 388 g/mol. The van der Waals surface area contributed by atoms with Crippen LogP contribution in [-0.4, -0.2) is 31.8 Å². The Morgan fingerprint density at radius 3 is 2.32 bits per heavy atom. The SMILES string of the molecule is CC1=C(CCC(=O)O)/C(=C/c2[nH]c(C)c(CCC(=O)O)c2C)N=C1Br. The van der Waals surface area contributed by atoms with Crippen molar-refractivity contribution in [3.8, 4) is 0 Å². The third kappa shape index (κ3) is 4.48. The summed E-state index contributed by atoms with van der Waals surface area (Å²) in [6.45, 7) is 5.79. The predicted octanol–water partition coefficient (Wildman–Crippen LogP) is 3.98. The van der Waals surface area contributed by atoms with E-state index in [1.165, 1.54) is 0 Å². The topological polar surface area (TPSA) is 103 Å². The molecule has 0 unspecified atom stereocenters. The van der Waals surface area contributed by atoms with Crippen LogP contribution in [0.15, 0.2) is 21.8 Å². The number of nitrogens with one attached hydrogen (secondary N) is 1. The van der Waals surface area contributed by atoms with E-state index in [0.29, 0.717) is 17.5 Å². The average Bonchev–Trinajstić information content (AvgIpc) is 2.93. The number of carboxylic acid groups (broad SMARTS) is 2. The molecule has 0 radical (unpaired) electrons. The number of aliphatic imine (C=N–C) groups is 1. The van der Waals surface area contributed by atoms with Crippen molar-refractivity contribution in [2.24, 2.45) is 4.99 Å². The summed E-state index contributed by atoms with van der Waals surface area (Å²) in [5, 5.41) is 17.8. The molecule has 0 atom stereocenters. The number of nitrogens with zero attached hydrogens (tertiary/aromatic N) is 1. The molecule has 0 spiro atoms. The van der Waals surface area contributed by atoms with Gasteiger partial charge in [-0.15, -0.1) is 0 Å². The molecule has 0 saturated carbocycles. The van der Waals surface area contributed by atoms with Crippen molar-refractivity contribution in [2.75, 3.05) is 0 Å². The summed E-state index contributed by atoms with van der Waals surface area (Å²) in [5.74, 6) is -1.66. The third-order valence-electron chi connectivity index (χ3n) is 4.38. The largest absolute Gasteiger partial charge is 0.481 e. The second-order valence-electron chi connectivity index (χ2n) is 6.09. The van der Waals surface area contributed by atoms with Crippen LogP contribution in [0.5, 0.6) is 0 Å². The molecule has 3 N–H and O–H groups in total. The van der Waals surface area contributed by atoms with E-state index in [-0.39, 0.29) is 12.8 Å². The van der Waals surface area contributed by atoms with Gasteiger partial charge in [-0.2, -0.15) is 0 Å². The first kappa shape index (κ1) is 19.2. The van der Waals surface area contributed by atoms with Crippen LogP contribution in [0.3, 0.4) is 0 Å². The van der Waals surface area contributed by atoms with Crippen molar-refractivity contribution < 1.29 is 19.8 Å². The van der Waals surface area contributed by atoms with Gasteiger partial charge in [0.15, 0.2) is 0 Å². The second kappa shape index (κ2) is 7.82. The molecule has 0 amide bonds. The number of hydrogen-bond acceptors (Lipinski definition) is 3. The fourth-order valence-corrected chi connectivity index (χ4v) is 3.37. The molecule has 1 aromatic heterocycles. The van der Waals surface area contributed by atoms with Crippen LogP contribution in [0.25, 0.3) is 6.08 Å². The predicted molar refractivity (Wildman–Crippen MR) is 100 cm³/mol. The van der Waals surface area contributed by atoms with Crippen LogP contribution in [-0.2, 0) is 16.0 Å². The number of aliphatic carboxylic acids is 2. The van der Waals surface area contributed by atoms with Crippen molar-refractivity contribution in [2.45, 2.75) is 46.5 Å². The van der Waals surface area contributed by atoms with Gasteiger partial charge < -0.3 is 15.2 Å². The summed E-state index contributed by atoms with van der Waals surface area (Å²) in [6, 6.07) is 0. The number of aromatic amines is 1. The van der Waals surface area contributed by atoms with Crippen LogP contribution in [0.1, 0.15) is 48.7 Å². The molecule has 1 aromatic rings. The number of aryl methyl sites for hydroxylation is 1. The minimum absolute atomic E-state index is 0.0480. The first-order valence-electron chi connectivity index (χ1n) is 7.98. The van der Waals surface area contributed by atoms with Crippen LogP contribution in [0.2, 0.25) is 0 Å². The van der Waals surface area contributed by atoms with Gasteiger partial charge in [-0.05, 0) is 77.9 Å². The van der Waals surface area contributed by atoms with Crippen LogP contribution >= 0.6 is 15.9 Å². The molecule has 0 bridgehead atoms. The van der Waals surface area contributed by atoms with Gasteiger partial charge >= 0.3 is 11.9 Å². The molecule has 6 nitrogen and oxygen atoms in total. The number of allylic oxidation sites excluding steroid dienone is 2. The molecule has 0 aliphatic carbocycles. The molecule has 25 heavy (non-hydrogen) atoms. The number of carboxylic acids is 2. The Balaban J connectivity index is 2.34. The van der Waals surface area contributed by atoms with Gasteiger partial charge in [-0.1, -0.05) is 0 Å². The van der Waals surface area contributed by atoms with E-state index in [2.05, 4.69) is 25.9 Å². The maximum absolute atomic E-state index is 10.9. The zero-order chi connectivity index (χ0) is 18.7. The summed E-state index contributed by atoms with van der Waals surface area (Å²) in [5.41, 5.74) is 6.41. The summed E-state index contributed by atoms with van der Waals surface area (Å²) < 4.78 is 0.714. The first-order chi connectivity index (χ1) is 11.7. The normalized spacial score (nSPS) is 15.8. The standard InChI is InChI=1S/C18H21BrN2O4/c1-9-12(4-6-16(22)23)11(3)20-14(9)8-15-13(5-7-17(24)25)10(2)18(19)21-15/h8,20H,4-7H2,1-3H3,(H,22,23)(H,24,25)/b15-8-. The minimum Gasteiger partial charge on any atom is -0.481 e. The Morgan fingerprint density at radius 1 is 1.12 bits per heavy atom. The lowest BCUT2D eigenvalue weighted by molar-refractivity contribution is -0.138. The molecular formula is C18H21BrN2O4. The monoisotopic (exact) mass is 408 g/mol. The molecule has 7 heteroatoms. The second-order valence-corrected chi connectivity index (χ2v) is 6.84. The van der Waals surface area contributed by atoms with Crippen LogP contribution in [0, 0.1) is 13.8 Å². The molecule has 1 aliphatic rings. The van der Waals surface area contributed by atoms with E-state index in [9.17, 15) is 9.59 Å².